The van der Waals surface area contributed by atoms with E-state index in [2.05, 4.69) is 40.6 Å². The van der Waals surface area contributed by atoms with Gasteiger partial charge < -0.3 is 14.8 Å². The highest BCUT2D eigenvalue weighted by Crippen LogP contribution is 2.50. The summed E-state index contributed by atoms with van der Waals surface area (Å²) in [6, 6.07) is 24.6. The van der Waals surface area contributed by atoms with Gasteiger partial charge in [-0.1, -0.05) is 42.5 Å². The molecule has 34 heavy (non-hydrogen) atoms. The summed E-state index contributed by atoms with van der Waals surface area (Å²) >= 11 is 0. The van der Waals surface area contributed by atoms with E-state index in [9.17, 15) is 4.79 Å². The SMILES string of the molecule is O=C1C[C@H](c2ccccc2)CC2=C1[C@H](c1ccc3c(c1)OCO3)c1ccc3ncccc3c1N2. The Labute approximate surface area is 197 Å². The Bertz CT molecular complexity index is 1490. The minimum Gasteiger partial charge on any atom is -0.454 e. The Hall–Kier alpha value is -4.12. The predicted octanol–water partition coefficient (Wildman–Crippen LogP) is 5.92. The van der Waals surface area contributed by atoms with Crippen molar-refractivity contribution in [2.24, 2.45) is 0 Å². The van der Waals surface area contributed by atoms with E-state index < -0.39 is 0 Å². The lowest BCUT2D eigenvalue weighted by atomic mass is 9.71. The number of carbonyl (C=O) groups is 1. The summed E-state index contributed by atoms with van der Waals surface area (Å²) in [6.45, 7) is 0.226. The van der Waals surface area contributed by atoms with Gasteiger partial charge in [-0.25, -0.2) is 0 Å². The molecule has 166 valence electrons. The average molecular weight is 447 g/mol. The van der Waals surface area contributed by atoms with Crippen LogP contribution in [-0.4, -0.2) is 17.6 Å². The molecule has 3 aromatic carbocycles. The van der Waals surface area contributed by atoms with E-state index in [1.165, 1.54) is 5.56 Å². The molecule has 5 heteroatoms. The number of benzene rings is 3. The van der Waals surface area contributed by atoms with Crippen molar-refractivity contribution in [3.8, 4) is 11.5 Å². The number of pyridine rings is 1. The number of aromatic nitrogens is 1. The van der Waals surface area contributed by atoms with Gasteiger partial charge in [-0.3, -0.25) is 9.78 Å². The molecule has 0 saturated heterocycles. The number of fused-ring (bicyclic) bond motifs is 4. The van der Waals surface area contributed by atoms with Gasteiger partial charge in [0.2, 0.25) is 6.79 Å². The first-order valence-electron chi connectivity index (χ1n) is 11.6. The van der Waals surface area contributed by atoms with Crippen LogP contribution in [-0.2, 0) is 4.79 Å². The number of nitrogens with one attached hydrogen (secondary N) is 1. The van der Waals surface area contributed by atoms with Crippen LogP contribution in [0.25, 0.3) is 10.9 Å². The molecule has 3 heterocycles. The van der Waals surface area contributed by atoms with Crippen LogP contribution in [0.3, 0.4) is 0 Å². The quantitative estimate of drug-likeness (QED) is 0.414. The lowest BCUT2D eigenvalue weighted by Crippen LogP contribution is -2.30. The minimum atomic E-state index is -0.172. The summed E-state index contributed by atoms with van der Waals surface area (Å²) in [5.74, 6) is 1.66. The summed E-state index contributed by atoms with van der Waals surface area (Å²) in [5.41, 5.74) is 7.17. The molecule has 2 atom stereocenters. The van der Waals surface area contributed by atoms with Crippen molar-refractivity contribution in [1.82, 2.24) is 4.98 Å². The molecule has 3 aliphatic rings. The first kappa shape index (κ1) is 19.4. The molecule has 1 N–H and O–H groups in total. The van der Waals surface area contributed by atoms with Crippen LogP contribution < -0.4 is 14.8 Å². The fourth-order valence-electron chi connectivity index (χ4n) is 5.64. The van der Waals surface area contributed by atoms with Crippen molar-refractivity contribution in [3.63, 3.8) is 0 Å². The van der Waals surface area contributed by atoms with Crippen molar-refractivity contribution >= 4 is 22.4 Å². The van der Waals surface area contributed by atoms with E-state index in [0.29, 0.717) is 6.42 Å². The maximum Gasteiger partial charge on any atom is 0.231 e. The second-order valence-corrected chi connectivity index (χ2v) is 9.10. The number of hydrogen-bond donors (Lipinski definition) is 1. The molecule has 4 aromatic rings. The van der Waals surface area contributed by atoms with Gasteiger partial charge in [0.25, 0.3) is 0 Å². The normalized spacial score (nSPS) is 20.6. The molecular weight excluding hydrogens is 424 g/mol. The fraction of sp³-hybridized carbons (Fsp3) is 0.172. The molecule has 0 unspecified atom stereocenters. The van der Waals surface area contributed by atoms with Crippen molar-refractivity contribution in [1.29, 1.82) is 0 Å². The molecule has 0 fully saturated rings. The molecule has 0 radical (unpaired) electrons. The van der Waals surface area contributed by atoms with Crippen LogP contribution in [0.5, 0.6) is 11.5 Å². The molecule has 0 amide bonds. The van der Waals surface area contributed by atoms with E-state index in [0.717, 1.165) is 56.9 Å². The van der Waals surface area contributed by atoms with Crippen molar-refractivity contribution in [2.75, 3.05) is 12.1 Å². The van der Waals surface area contributed by atoms with Crippen LogP contribution in [0.1, 0.15) is 41.4 Å². The molecule has 2 aliphatic heterocycles. The number of carbonyl (C=O) groups excluding carboxylic acids is 1. The molecule has 0 bridgehead atoms. The third kappa shape index (κ3) is 2.93. The standard InChI is InChI=1S/C29H22N2O3/c32-24-14-19(17-5-2-1-3-6-17)13-23-28(24)27(18-8-11-25-26(15-18)34-16-33-25)21-9-10-22-20(29(21)31-23)7-4-12-30-22/h1-12,15,19,27,31H,13-14,16H2/t19-,27-/m1/s1. The summed E-state index contributed by atoms with van der Waals surface area (Å²) in [6.07, 6.45) is 3.12. The van der Waals surface area contributed by atoms with Crippen LogP contribution >= 0.6 is 0 Å². The Morgan fingerprint density at radius 1 is 0.853 bits per heavy atom. The first-order chi connectivity index (χ1) is 16.8. The largest absolute Gasteiger partial charge is 0.454 e. The highest BCUT2D eigenvalue weighted by molar-refractivity contribution is 6.04. The van der Waals surface area contributed by atoms with E-state index in [4.69, 9.17) is 9.47 Å². The predicted molar refractivity (Wildman–Crippen MR) is 130 cm³/mol. The number of nitrogens with zero attached hydrogens (tertiary/aromatic N) is 1. The lowest BCUT2D eigenvalue weighted by Gasteiger charge is -2.37. The van der Waals surface area contributed by atoms with Crippen molar-refractivity contribution in [3.05, 3.63) is 107 Å². The highest BCUT2D eigenvalue weighted by atomic mass is 16.7. The summed E-state index contributed by atoms with van der Waals surface area (Å²) in [4.78, 5) is 18.3. The van der Waals surface area contributed by atoms with Crippen molar-refractivity contribution < 1.29 is 14.3 Å². The topological polar surface area (TPSA) is 60.5 Å². The maximum absolute atomic E-state index is 13.7. The van der Waals surface area contributed by atoms with Gasteiger partial charge in [-0.05, 0) is 59.4 Å². The zero-order chi connectivity index (χ0) is 22.6. The van der Waals surface area contributed by atoms with Crippen LogP contribution in [0.2, 0.25) is 0 Å². The summed E-state index contributed by atoms with van der Waals surface area (Å²) in [7, 11) is 0. The summed E-state index contributed by atoms with van der Waals surface area (Å²) in [5, 5.41) is 4.75. The second-order valence-electron chi connectivity index (χ2n) is 9.10. The number of allylic oxidation sites excluding steroid dienone is 2. The highest BCUT2D eigenvalue weighted by Gasteiger charge is 2.39. The Kier molecular flexibility index (Phi) is 4.24. The van der Waals surface area contributed by atoms with Crippen LogP contribution in [0.15, 0.2) is 90.3 Å². The van der Waals surface area contributed by atoms with Gasteiger partial charge in [0.15, 0.2) is 17.3 Å². The third-order valence-electron chi connectivity index (χ3n) is 7.20. The minimum absolute atomic E-state index is 0.159. The number of anilines is 1. The first-order valence-corrected chi connectivity index (χ1v) is 11.6. The van der Waals surface area contributed by atoms with Gasteiger partial charge in [0.1, 0.15) is 0 Å². The monoisotopic (exact) mass is 446 g/mol. The van der Waals surface area contributed by atoms with E-state index in [-0.39, 0.29) is 24.4 Å². The number of Topliss-reactive ketones (excluding diaryl/α,β-unsaturated/α-hetero) is 1. The van der Waals surface area contributed by atoms with Crippen LogP contribution in [0, 0.1) is 0 Å². The zero-order valence-corrected chi connectivity index (χ0v) is 18.5. The second kappa shape index (κ2) is 7.45. The molecule has 0 saturated carbocycles. The fourth-order valence-corrected chi connectivity index (χ4v) is 5.64. The van der Waals surface area contributed by atoms with Gasteiger partial charge in [-0.15, -0.1) is 0 Å². The Balaban J connectivity index is 1.42. The summed E-state index contributed by atoms with van der Waals surface area (Å²) < 4.78 is 11.2. The van der Waals surface area contributed by atoms with Crippen molar-refractivity contribution in [2.45, 2.75) is 24.7 Å². The van der Waals surface area contributed by atoms with Crippen LogP contribution in [0.4, 0.5) is 5.69 Å². The molecule has 1 aromatic heterocycles. The van der Waals surface area contributed by atoms with Gasteiger partial charge in [0.05, 0.1) is 11.2 Å². The smallest absolute Gasteiger partial charge is 0.231 e. The molecule has 0 spiro atoms. The molecule has 5 nitrogen and oxygen atoms in total. The van der Waals surface area contributed by atoms with E-state index in [1.807, 2.05) is 48.7 Å². The average Bonchev–Trinajstić information content (AvgIpc) is 3.36. The van der Waals surface area contributed by atoms with Gasteiger partial charge in [-0.2, -0.15) is 0 Å². The number of ether oxygens (including phenoxy) is 2. The lowest BCUT2D eigenvalue weighted by molar-refractivity contribution is -0.116. The zero-order valence-electron chi connectivity index (χ0n) is 18.5. The number of ketones is 1. The van der Waals surface area contributed by atoms with Gasteiger partial charge in [0, 0.05) is 35.2 Å². The number of rotatable bonds is 2. The van der Waals surface area contributed by atoms with E-state index in [1.54, 1.807) is 0 Å². The number of hydrogen-bond acceptors (Lipinski definition) is 5. The Morgan fingerprint density at radius 3 is 2.65 bits per heavy atom. The molecule has 7 rings (SSSR count). The van der Waals surface area contributed by atoms with E-state index >= 15 is 0 Å². The maximum atomic E-state index is 13.7. The van der Waals surface area contributed by atoms with Gasteiger partial charge >= 0.3 is 0 Å². The Morgan fingerprint density at radius 2 is 1.74 bits per heavy atom. The molecule has 1 aliphatic carbocycles. The third-order valence-corrected chi connectivity index (χ3v) is 7.20. The molecular formula is C29H22N2O3.